The predicted molar refractivity (Wildman–Crippen MR) is 62.4 cm³/mol. The Bertz CT molecular complexity index is 473. The Morgan fingerprint density at radius 3 is 3.00 bits per heavy atom. The van der Waals surface area contributed by atoms with Crippen LogP contribution in [0, 0.1) is 0 Å². The first-order valence-corrected chi connectivity index (χ1v) is 5.65. The van der Waals surface area contributed by atoms with Crippen molar-refractivity contribution in [2.45, 2.75) is 6.42 Å². The van der Waals surface area contributed by atoms with Crippen LogP contribution in [0.25, 0.3) is 10.1 Å². The van der Waals surface area contributed by atoms with Gasteiger partial charge in [0.05, 0.1) is 0 Å². The minimum Gasteiger partial charge on any atom is -0.377 e. The number of Topliss-reactive ketones (excluding diaryl/α,β-unsaturated/α-hetero) is 1. The molecule has 15 heavy (non-hydrogen) atoms. The van der Waals surface area contributed by atoms with Gasteiger partial charge < -0.3 is 4.74 Å². The highest BCUT2D eigenvalue weighted by Crippen LogP contribution is 2.25. The first kappa shape index (κ1) is 10.3. The van der Waals surface area contributed by atoms with Crippen molar-refractivity contribution in [3.05, 3.63) is 35.2 Å². The maximum atomic E-state index is 11.4. The molecule has 2 aromatic rings. The third kappa shape index (κ3) is 2.25. The normalized spacial score (nSPS) is 10.7. The monoisotopic (exact) mass is 220 g/mol. The third-order valence-corrected chi connectivity index (χ3v) is 3.27. The summed E-state index contributed by atoms with van der Waals surface area (Å²) in [7, 11) is 1.55. The second-order valence-corrected chi connectivity index (χ2v) is 4.32. The van der Waals surface area contributed by atoms with Crippen LogP contribution in [-0.4, -0.2) is 19.5 Å². The summed E-state index contributed by atoms with van der Waals surface area (Å²) in [6, 6.07) is 8.14. The van der Waals surface area contributed by atoms with E-state index < -0.39 is 0 Å². The van der Waals surface area contributed by atoms with Crippen molar-refractivity contribution in [1.29, 1.82) is 0 Å². The van der Waals surface area contributed by atoms with E-state index in [4.69, 9.17) is 4.74 Å². The van der Waals surface area contributed by atoms with E-state index in [1.54, 1.807) is 18.4 Å². The highest BCUT2D eigenvalue weighted by Gasteiger charge is 2.07. The molecular formula is C12H12O2S. The number of methoxy groups -OCH3 is 1. The lowest BCUT2D eigenvalue weighted by atomic mass is 10.1. The second kappa shape index (κ2) is 4.55. The number of hydrogen-bond acceptors (Lipinski definition) is 3. The topological polar surface area (TPSA) is 26.3 Å². The molecule has 0 amide bonds. The van der Waals surface area contributed by atoms with E-state index in [0.717, 1.165) is 5.56 Å². The number of thiophene rings is 1. The van der Waals surface area contributed by atoms with Crippen molar-refractivity contribution >= 4 is 27.2 Å². The van der Waals surface area contributed by atoms with Gasteiger partial charge in [0.15, 0.2) is 5.78 Å². The van der Waals surface area contributed by atoms with E-state index in [1.807, 2.05) is 12.1 Å². The maximum absolute atomic E-state index is 11.4. The van der Waals surface area contributed by atoms with E-state index in [9.17, 15) is 4.79 Å². The first-order chi connectivity index (χ1) is 7.31. The number of hydrogen-bond donors (Lipinski definition) is 0. The third-order valence-electron chi connectivity index (χ3n) is 2.25. The quantitative estimate of drug-likeness (QED) is 0.791. The molecule has 0 radical (unpaired) electrons. The van der Waals surface area contributed by atoms with Crippen molar-refractivity contribution in [2.75, 3.05) is 13.7 Å². The van der Waals surface area contributed by atoms with Crippen molar-refractivity contribution in [1.82, 2.24) is 0 Å². The van der Waals surface area contributed by atoms with E-state index in [2.05, 4.69) is 17.5 Å². The van der Waals surface area contributed by atoms with Gasteiger partial charge in [-0.25, -0.2) is 0 Å². The summed E-state index contributed by atoms with van der Waals surface area (Å²) in [5, 5.41) is 3.24. The molecule has 0 aliphatic heterocycles. The van der Waals surface area contributed by atoms with Gasteiger partial charge in [0.1, 0.15) is 6.61 Å². The van der Waals surface area contributed by atoms with Gasteiger partial charge in [-0.05, 0) is 22.4 Å². The molecule has 78 valence electrons. The first-order valence-electron chi connectivity index (χ1n) is 4.77. The highest BCUT2D eigenvalue weighted by atomic mass is 32.1. The summed E-state index contributed by atoms with van der Waals surface area (Å²) < 4.78 is 6.05. The smallest absolute Gasteiger partial charge is 0.162 e. The molecular weight excluding hydrogens is 208 g/mol. The Morgan fingerprint density at radius 1 is 1.40 bits per heavy atom. The van der Waals surface area contributed by atoms with Gasteiger partial charge in [-0.3, -0.25) is 4.79 Å². The summed E-state index contributed by atoms with van der Waals surface area (Å²) in [5.41, 5.74) is 1.11. The summed E-state index contributed by atoms with van der Waals surface area (Å²) in [6.45, 7) is 0.199. The molecule has 0 saturated carbocycles. The van der Waals surface area contributed by atoms with Gasteiger partial charge in [0.25, 0.3) is 0 Å². The van der Waals surface area contributed by atoms with Crippen molar-refractivity contribution in [3.8, 4) is 0 Å². The molecule has 0 aliphatic carbocycles. The number of rotatable bonds is 4. The second-order valence-electron chi connectivity index (χ2n) is 3.41. The molecule has 2 rings (SSSR count). The molecule has 0 fully saturated rings. The predicted octanol–water partition coefficient (Wildman–Crippen LogP) is 2.66. The fraction of sp³-hybridized carbons (Fsp3) is 0.250. The fourth-order valence-electron chi connectivity index (χ4n) is 1.59. The van der Waals surface area contributed by atoms with Crippen molar-refractivity contribution in [2.24, 2.45) is 0 Å². The van der Waals surface area contributed by atoms with Gasteiger partial charge in [0.2, 0.25) is 0 Å². The number of ether oxygens (including phenoxy) is 1. The van der Waals surface area contributed by atoms with E-state index in [0.29, 0.717) is 6.42 Å². The van der Waals surface area contributed by atoms with Gasteiger partial charge in [0, 0.05) is 18.2 Å². The van der Waals surface area contributed by atoms with Gasteiger partial charge >= 0.3 is 0 Å². The van der Waals surface area contributed by atoms with Crippen LogP contribution in [0.4, 0.5) is 0 Å². The van der Waals surface area contributed by atoms with Crippen LogP contribution in [0.2, 0.25) is 0 Å². The lowest BCUT2D eigenvalue weighted by Crippen LogP contribution is -2.09. The SMILES string of the molecule is COCC(=O)Cc1csc2ccccc12. The van der Waals surface area contributed by atoms with Crippen molar-refractivity contribution in [3.63, 3.8) is 0 Å². The average molecular weight is 220 g/mol. The van der Waals surface area contributed by atoms with E-state index in [1.165, 1.54) is 10.1 Å². The van der Waals surface area contributed by atoms with Crippen LogP contribution in [0.15, 0.2) is 29.6 Å². The summed E-state index contributed by atoms with van der Waals surface area (Å²) in [4.78, 5) is 11.4. The van der Waals surface area contributed by atoms with Crippen LogP contribution in [-0.2, 0) is 16.0 Å². The van der Waals surface area contributed by atoms with Crippen LogP contribution >= 0.6 is 11.3 Å². The zero-order chi connectivity index (χ0) is 10.7. The lowest BCUT2D eigenvalue weighted by molar-refractivity contribution is -0.121. The summed E-state index contributed by atoms with van der Waals surface area (Å²) >= 11 is 1.68. The van der Waals surface area contributed by atoms with Crippen LogP contribution < -0.4 is 0 Å². The molecule has 1 heterocycles. The molecule has 1 aromatic heterocycles. The average Bonchev–Trinajstić information content (AvgIpc) is 2.62. The number of benzene rings is 1. The number of fused-ring (bicyclic) bond motifs is 1. The van der Waals surface area contributed by atoms with Crippen molar-refractivity contribution < 1.29 is 9.53 Å². The largest absolute Gasteiger partial charge is 0.377 e. The Morgan fingerprint density at radius 2 is 2.20 bits per heavy atom. The molecule has 0 atom stereocenters. The summed E-state index contributed by atoms with van der Waals surface area (Å²) in [6.07, 6.45) is 0.470. The Labute approximate surface area is 92.5 Å². The molecule has 3 heteroatoms. The van der Waals surface area contributed by atoms with E-state index in [-0.39, 0.29) is 12.4 Å². The minimum atomic E-state index is 0.126. The highest BCUT2D eigenvalue weighted by molar-refractivity contribution is 7.17. The van der Waals surface area contributed by atoms with E-state index >= 15 is 0 Å². The maximum Gasteiger partial charge on any atom is 0.162 e. The van der Waals surface area contributed by atoms with Gasteiger partial charge in [-0.1, -0.05) is 18.2 Å². The molecule has 0 N–H and O–H groups in total. The van der Waals surface area contributed by atoms with Crippen LogP contribution in [0.1, 0.15) is 5.56 Å². The Hall–Kier alpha value is -1.19. The zero-order valence-electron chi connectivity index (χ0n) is 8.53. The fourth-order valence-corrected chi connectivity index (χ4v) is 2.56. The number of carbonyl (C=O) groups excluding carboxylic acids is 1. The molecule has 0 aliphatic rings. The van der Waals surface area contributed by atoms with Crippen LogP contribution in [0.3, 0.4) is 0 Å². The molecule has 0 saturated heterocycles. The molecule has 0 spiro atoms. The molecule has 0 bridgehead atoms. The Balaban J connectivity index is 2.25. The molecule has 2 nitrogen and oxygen atoms in total. The molecule has 0 unspecified atom stereocenters. The lowest BCUT2D eigenvalue weighted by Gasteiger charge is -1.98. The van der Waals surface area contributed by atoms with Crippen LogP contribution in [0.5, 0.6) is 0 Å². The number of ketones is 1. The number of carbonyl (C=O) groups is 1. The van der Waals surface area contributed by atoms with Gasteiger partial charge in [-0.2, -0.15) is 0 Å². The zero-order valence-corrected chi connectivity index (χ0v) is 9.34. The minimum absolute atomic E-state index is 0.126. The standard InChI is InChI=1S/C12H12O2S/c1-14-7-10(13)6-9-8-15-12-5-3-2-4-11(9)12/h2-5,8H,6-7H2,1H3. The molecule has 1 aromatic carbocycles. The Kier molecular flexibility index (Phi) is 3.14. The van der Waals surface area contributed by atoms with Gasteiger partial charge in [-0.15, -0.1) is 11.3 Å². The summed E-state index contributed by atoms with van der Waals surface area (Å²) in [5.74, 6) is 0.126.